The second-order valence-electron chi connectivity index (χ2n) is 3.94. The van der Waals surface area contributed by atoms with E-state index in [-0.39, 0.29) is 12.1 Å². The van der Waals surface area contributed by atoms with Crippen molar-refractivity contribution in [2.75, 3.05) is 0 Å². The van der Waals surface area contributed by atoms with E-state index < -0.39 is 10.9 Å². The molecule has 6 heteroatoms. The summed E-state index contributed by atoms with van der Waals surface area (Å²) < 4.78 is 0. The molecule has 18 heavy (non-hydrogen) atoms. The Kier molecular flexibility index (Phi) is 2.93. The molecule has 0 fully saturated rings. The first-order valence-corrected chi connectivity index (χ1v) is 5.24. The van der Waals surface area contributed by atoms with E-state index in [1.807, 2.05) is 0 Å². The number of hydrogen-bond donors (Lipinski definition) is 1. The van der Waals surface area contributed by atoms with Crippen LogP contribution in [0.15, 0.2) is 24.3 Å². The van der Waals surface area contributed by atoms with Gasteiger partial charge in [0.25, 0.3) is 5.69 Å². The maximum atomic E-state index is 10.7. The van der Waals surface area contributed by atoms with Crippen molar-refractivity contribution < 1.29 is 14.8 Å². The van der Waals surface area contributed by atoms with Gasteiger partial charge in [-0.1, -0.05) is 0 Å². The molecule has 0 saturated heterocycles. The van der Waals surface area contributed by atoms with E-state index in [1.54, 1.807) is 19.1 Å². The number of nitro groups is 1. The van der Waals surface area contributed by atoms with Crippen LogP contribution in [0.2, 0.25) is 0 Å². The number of aromatic nitrogens is 1. The van der Waals surface area contributed by atoms with Crippen molar-refractivity contribution in [2.45, 2.75) is 13.3 Å². The van der Waals surface area contributed by atoms with Gasteiger partial charge in [-0.15, -0.1) is 0 Å². The van der Waals surface area contributed by atoms with Crippen LogP contribution in [0, 0.1) is 17.0 Å². The average Bonchev–Trinajstić information content (AvgIpc) is 2.28. The Bertz CT molecular complexity index is 652. The number of benzene rings is 1. The molecule has 6 nitrogen and oxygen atoms in total. The van der Waals surface area contributed by atoms with Crippen LogP contribution < -0.4 is 0 Å². The van der Waals surface area contributed by atoms with Crippen LogP contribution in [0.5, 0.6) is 0 Å². The number of carbonyl (C=O) groups is 1. The lowest BCUT2D eigenvalue weighted by molar-refractivity contribution is -0.384. The lowest BCUT2D eigenvalue weighted by Crippen LogP contribution is -2.03. The van der Waals surface area contributed by atoms with Crippen molar-refractivity contribution in [2.24, 2.45) is 0 Å². The third kappa shape index (κ3) is 2.27. The molecule has 0 saturated carbocycles. The fraction of sp³-hybridized carbons (Fsp3) is 0.167. The van der Waals surface area contributed by atoms with Crippen LogP contribution in [0.1, 0.15) is 11.3 Å². The molecule has 2 rings (SSSR count). The predicted molar refractivity (Wildman–Crippen MR) is 64.5 cm³/mol. The van der Waals surface area contributed by atoms with Gasteiger partial charge in [-0.3, -0.25) is 19.9 Å². The topological polar surface area (TPSA) is 93.3 Å². The maximum absolute atomic E-state index is 10.7. The third-order valence-corrected chi connectivity index (χ3v) is 2.65. The fourth-order valence-corrected chi connectivity index (χ4v) is 1.76. The maximum Gasteiger partial charge on any atom is 0.307 e. The van der Waals surface area contributed by atoms with E-state index in [2.05, 4.69) is 4.98 Å². The van der Waals surface area contributed by atoms with Crippen molar-refractivity contribution in [1.29, 1.82) is 0 Å². The van der Waals surface area contributed by atoms with Gasteiger partial charge in [0, 0.05) is 23.2 Å². The molecule has 0 spiro atoms. The number of aryl methyl sites for hydroxylation is 1. The molecule has 0 aliphatic rings. The second kappa shape index (κ2) is 4.40. The third-order valence-electron chi connectivity index (χ3n) is 2.65. The molecule has 1 N–H and O–H groups in total. The molecular formula is C12H10N2O4. The van der Waals surface area contributed by atoms with Crippen LogP contribution >= 0.6 is 0 Å². The average molecular weight is 246 g/mol. The molecular weight excluding hydrogens is 236 g/mol. The molecule has 0 atom stereocenters. The minimum Gasteiger partial charge on any atom is -0.481 e. The van der Waals surface area contributed by atoms with Gasteiger partial charge in [0.1, 0.15) is 0 Å². The minimum absolute atomic E-state index is 0.0329. The lowest BCUT2D eigenvalue weighted by Gasteiger charge is -2.05. The van der Waals surface area contributed by atoms with E-state index in [1.165, 1.54) is 12.1 Å². The molecule has 0 radical (unpaired) electrons. The number of hydrogen-bond acceptors (Lipinski definition) is 4. The van der Waals surface area contributed by atoms with Gasteiger partial charge >= 0.3 is 5.97 Å². The SMILES string of the molecule is Cc1nc2ccc([N+](=O)[O-])cc2cc1CC(=O)O. The first-order chi connectivity index (χ1) is 8.47. The highest BCUT2D eigenvalue weighted by Gasteiger charge is 2.10. The number of aliphatic carboxylic acids is 1. The lowest BCUT2D eigenvalue weighted by atomic mass is 10.1. The fourth-order valence-electron chi connectivity index (χ4n) is 1.76. The van der Waals surface area contributed by atoms with E-state index in [9.17, 15) is 14.9 Å². The number of nitrogens with zero attached hydrogens (tertiary/aromatic N) is 2. The normalized spacial score (nSPS) is 10.5. The molecule has 0 unspecified atom stereocenters. The van der Waals surface area contributed by atoms with E-state index in [0.717, 1.165) is 0 Å². The van der Waals surface area contributed by atoms with Gasteiger partial charge in [-0.05, 0) is 24.6 Å². The molecule has 92 valence electrons. The highest BCUT2D eigenvalue weighted by atomic mass is 16.6. The summed E-state index contributed by atoms with van der Waals surface area (Å²) in [6.07, 6.45) is -0.141. The van der Waals surface area contributed by atoms with Crippen molar-refractivity contribution in [3.05, 3.63) is 45.6 Å². The molecule has 0 bridgehead atoms. The van der Waals surface area contributed by atoms with Gasteiger partial charge in [-0.2, -0.15) is 0 Å². The molecule has 1 aromatic carbocycles. The molecule has 0 aliphatic heterocycles. The summed E-state index contributed by atoms with van der Waals surface area (Å²) in [5.41, 5.74) is 1.77. The first-order valence-electron chi connectivity index (χ1n) is 5.24. The first kappa shape index (κ1) is 12.0. The smallest absolute Gasteiger partial charge is 0.307 e. The Labute approximate surface area is 102 Å². The number of carboxylic acid groups (broad SMARTS) is 1. The highest BCUT2D eigenvalue weighted by Crippen LogP contribution is 2.22. The van der Waals surface area contributed by atoms with Crippen molar-refractivity contribution in [3.63, 3.8) is 0 Å². The summed E-state index contributed by atoms with van der Waals surface area (Å²) in [5, 5.41) is 20.0. The van der Waals surface area contributed by atoms with Crippen LogP contribution in [-0.4, -0.2) is 21.0 Å². The summed E-state index contributed by atoms with van der Waals surface area (Å²) in [7, 11) is 0. The molecule has 2 aromatic rings. The predicted octanol–water partition coefficient (Wildman–Crippen LogP) is 2.08. The van der Waals surface area contributed by atoms with Crippen molar-refractivity contribution in [3.8, 4) is 0 Å². The van der Waals surface area contributed by atoms with Crippen LogP contribution in [0.25, 0.3) is 10.9 Å². The highest BCUT2D eigenvalue weighted by molar-refractivity contribution is 5.83. The number of pyridine rings is 1. The Morgan fingerprint density at radius 2 is 2.17 bits per heavy atom. The molecule has 0 aliphatic carbocycles. The number of nitro benzene ring substituents is 1. The quantitative estimate of drug-likeness (QED) is 0.661. The number of non-ortho nitro benzene ring substituents is 1. The summed E-state index contributed by atoms with van der Waals surface area (Å²) >= 11 is 0. The standard InChI is InChI=1S/C12H10N2O4/c1-7-8(6-12(15)16)4-9-5-10(14(17)18)2-3-11(9)13-7/h2-5H,6H2,1H3,(H,15,16). The molecule has 0 amide bonds. The zero-order valence-corrected chi connectivity index (χ0v) is 9.58. The van der Waals surface area contributed by atoms with Gasteiger partial charge in [0.2, 0.25) is 0 Å². The summed E-state index contributed by atoms with van der Waals surface area (Å²) in [4.78, 5) is 25.1. The van der Waals surface area contributed by atoms with Gasteiger partial charge in [0.05, 0.1) is 16.9 Å². The zero-order chi connectivity index (χ0) is 13.3. The Balaban J connectivity index is 2.59. The number of fused-ring (bicyclic) bond motifs is 1. The van der Waals surface area contributed by atoms with Crippen molar-refractivity contribution in [1.82, 2.24) is 4.98 Å². The molecule has 1 aromatic heterocycles. The van der Waals surface area contributed by atoms with Gasteiger partial charge < -0.3 is 5.11 Å². The summed E-state index contributed by atoms with van der Waals surface area (Å²) in [5.74, 6) is -0.954. The Morgan fingerprint density at radius 3 is 2.78 bits per heavy atom. The zero-order valence-electron chi connectivity index (χ0n) is 9.58. The van der Waals surface area contributed by atoms with Gasteiger partial charge in [0.15, 0.2) is 0 Å². The Morgan fingerprint density at radius 1 is 1.44 bits per heavy atom. The Hall–Kier alpha value is -2.50. The summed E-state index contributed by atoms with van der Waals surface area (Å²) in [6.45, 7) is 1.72. The van der Waals surface area contributed by atoms with Crippen LogP contribution in [0.4, 0.5) is 5.69 Å². The molecule has 1 heterocycles. The number of rotatable bonds is 3. The van der Waals surface area contributed by atoms with Crippen LogP contribution in [0.3, 0.4) is 0 Å². The monoisotopic (exact) mass is 246 g/mol. The van der Waals surface area contributed by atoms with E-state index >= 15 is 0 Å². The van der Waals surface area contributed by atoms with E-state index in [4.69, 9.17) is 5.11 Å². The van der Waals surface area contributed by atoms with Crippen LogP contribution in [-0.2, 0) is 11.2 Å². The number of carboxylic acids is 1. The van der Waals surface area contributed by atoms with Crippen molar-refractivity contribution >= 4 is 22.6 Å². The second-order valence-corrected chi connectivity index (χ2v) is 3.94. The van der Waals surface area contributed by atoms with E-state index in [0.29, 0.717) is 22.2 Å². The largest absolute Gasteiger partial charge is 0.481 e. The summed E-state index contributed by atoms with van der Waals surface area (Å²) in [6, 6.07) is 5.97. The van der Waals surface area contributed by atoms with Gasteiger partial charge in [-0.25, -0.2) is 0 Å². The minimum atomic E-state index is -0.954.